The van der Waals surface area contributed by atoms with Crippen LogP contribution in [0.2, 0.25) is 0 Å². The molecule has 0 aliphatic heterocycles. The molecule has 0 bridgehead atoms. The Morgan fingerprint density at radius 2 is 1.81 bits per heavy atom. The summed E-state index contributed by atoms with van der Waals surface area (Å²) in [5.74, 6) is -1.04. The summed E-state index contributed by atoms with van der Waals surface area (Å²) in [6.45, 7) is 0. The lowest BCUT2D eigenvalue weighted by atomic mass is 10.3. The Bertz CT molecular complexity index is 724. The summed E-state index contributed by atoms with van der Waals surface area (Å²) in [5, 5.41) is 0. The predicted octanol–water partition coefficient (Wildman–Crippen LogP) is 1.38. The molecule has 0 unspecified atom stereocenters. The lowest BCUT2D eigenvalue weighted by Crippen LogP contribution is -2.29. The highest BCUT2D eigenvalue weighted by molar-refractivity contribution is 7.91. The van der Waals surface area contributed by atoms with Gasteiger partial charge in [-0.3, -0.25) is 4.84 Å². The zero-order valence-electron chi connectivity index (χ0n) is 11.4. The maximum atomic E-state index is 13.7. The number of halogens is 1. The lowest BCUT2D eigenvalue weighted by molar-refractivity contribution is 0.0222. The van der Waals surface area contributed by atoms with Gasteiger partial charge in [0.1, 0.15) is 10.7 Å². The summed E-state index contributed by atoms with van der Waals surface area (Å²) < 4.78 is 60.6. The van der Waals surface area contributed by atoms with Gasteiger partial charge in [-0.2, -0.15) is 0 Å². The van der Waals surface area contributed by atoms with Crippen LogP contribution < -0.4 is 4.89 Å². The summed E-state index contributed by atoms with van der Waals surface area (Å²) in [6, 6.07) is 2.60. The molecule has 0 spiro atoms. The van der Waals surface area contributed by atoms with Crippen LogP contribution >= 0.6 is 0 Å². The van der Waals surface area contributed by atoms with Gasteiger partial charge in [-0.15, -0.1) is 0 Å². The molecule has 1 aromatic rings. The number of rotatable bonds is 5. The van der Waals surface area contributed by atoms with Gasteiger partial charge in [0.05, 0.1) is 11.0 Å². The minimum absolute atomic E-state index is 0.235. The molecule has 0 amide bonds. The molecular formula is C12H16FNO5S2. The first kappa shape index (κ1) is 16.3. The third-order valence-corrected chi connectivity index (χ3v) is 5.56. The molecule has 6 nitrogen and oxygen atoms in total. The highest BCUT2D eigenvalue weighted by atomic mass is 32.2. The fraction of sp³-hybridized carbons (Fsp3) is 0.500. The Hall–Kier alpha value is -1.03. The Kier molecular flexibility index (Phi) is 4.66. The first-order chi connectivity index (χ1) is 9.70. The summed E-state index contributed by atoms with van der Waals surface area (Å²) in [6.07, 6.45) is 4.04. The summed E-state index contributed by atoms with van der Waals surface area (Å²) in [7, 11) is -7.91. The van der Waals surface area contributed by atoms with Crippen molar-refractivity contribution in [2.45, 2.75) is 41.6 Å². The first-order valence-corrected chi connectivity index (χ1v) is 9.75. The van der Waals surface area contributed by atoms with Gasteiger partial charge in [0.25, 0.3) is 10.0 Å². The first-order valence-electron chi connectivity index (χ1n) is 6.37. The van der Waals surface area contributed by atoms with E-state index >= 15 is 0 Å². The number of sulfone groups is 1. The molecule has 0 saturated heterocycles. The third-order valence-electron chi connectivity index (χ3n) is 3.25. The van der Waals surface area contributed by atoms with Gasteiger partial charge in [0.15, 0.2) is 9.84 Å². The highest BCUT2D eigenvalue weighted by Gasteiger charge is 2.24. The molecule has 1 aromatic carbocycles. The van der Waals surface area contributed by atoms with Crippen LogP contribution in [0, 0.1) is 5.82 Å². The van der Waals surface area contributed by atoms with Crippen LogP contribution in [-0.2, 0) is 24.7 Å². The van der Waals surface area contributed by atoms with Gasteiger partial charge in [-0.1, -0.05) is 17.7 Å². The van der Waals surface area contributed by atoms with Crippen molar-refractivity contribution in [3.63, 3.8) is 0 Å². The number of hydrogen-bond donors (Lipinski definition) is 1. The Labute approximate surface area is 123 Å². The lowest BCUT2D eigenvalue weighted by Gasteiger charge is -2.13. The number of sulfonamides is 1. The molecular weight excluding hydrogens is 321 g/mol. The SMILES string of the molecule is CS(=O)(=O)c1ccc(F)c(S(=O)(=O)NOC2CCCC2)c1. The smallest absolute Gasteiger partial charge is 0.265 e. The van der Waals surface area contributed by atoms with Crippen molar-refractivity contribution in [1.82, 2.24) is 4.89 Å². The van der Waals surface area contributed by atoms with E-state index < -0.39 is 30.6 Å². The summed E-state index contributed by atoms with van der Waals surface area (Å²) in [5.41, 5.74) is 0. The van der Waals surface area contributed by atoms with E-state index in [0.29, 0.717) is 0 Å². The van der Waals surface area contributed by atoms with E-state index in [1.54, 1.807) is 0 Å². The third kappa shape index (κ3) is 4.00. The van der Waals surface area contributed by atoms with Crippen LogP contribution in [-0.4, -0.2) is 29.2 Å². The molecule has 21 heavy (non-hydrogen) atoms. The zero-order chi connectivity index (χ0) is 15.7. The largest absolute Gasteiger partial charge is 0.284 e. The van der Waals surface area contributed by atoms with Crippen LogP contribution in [0.25, 0.3) is 0 Å². The van der Waals surface area contributed by atoms with Crippen LogP contribution in [0.4, 0.5) is 4.39 Å². The van der Waals surface area contributed by atoms with Gasteiger partial charge in [0.2, 0.25) is 0 Å². The monoisotopic (exact) mass is 337 g/mol. The second-order valence-electron chi connectivity index (χ2n) is 4.98. The van der Waals surface area contributed by atoms with Crippen LogP contribution in [0.15, 0.2) is 28.0 Å². The van der Waals surface area contributed by atoms with Crippen molar-refractivity contribution in [2.75, 3.05) is 6.26 Å². The summed E-state index contributed by atoms with van der Waals surface area (Å²) in [4.78, 5) is 5.90. The topological polar surface area (TPSA) is 89.5 Å². The molecule has 1 saturated carbocycles. The zero-order valence-corrected chi connectivity index (χ0v) is 13.0. The van der Waals surface area contributed by atoms with Crippen molar-refractivity contribution in [1.29, 1.82) is 0 Å². The maximum absolute atomic E-state index is 13.7. The minimum Gasteiger partial charge on any atom is -0.284 e. The molecule has 1 aliphatic rings. The summed E-state index contributed by atoms with van der Waals surface area (Å²) >= 11 is 0. The van der Waals surface area contributed by atoms with E-state index in [1.165, 1.54) is 0 Å². The normalized spacial score (nSPS) is 17.2. The van der Waals surface area contributed by atoms with E-state index in [0.717, 1.165) is 50.1 Å². The maximum Gasteiger partial charge on any atom is 0.265 e. The van der Waals surface area contributed by atoms with E-state index in [2.05, 4.69) is 0 Å². The van der Waals surface area contributed by atoms with E-state index in [-0.39, 0.29) is 11.0 Å². The van der Waals surface area contributed by atoms with E-state index in [9.17, 15) is 21.2 Å². The van der Waals surface area contributed by atoms with Crippen molar-refractivity contribution in [3.05, 3.63) is 24.0 Å². The van der Waals surface area contributed by atoms with Crippen LogP contribution in [0.3, 0.4) is 0 Å². The molecule has 0 aromatic heterocycles. The Morgan fingerprint density at radius 3 is 2.38 bits per heavy atom. The van der Waals surface area contributed by atoms with Gasteiger partial charge in [0, 0.05) is 6.26 Å². The molecule has 1 fully saturated rings. The van der Waals surface area contributed by atoms with Gasteiger partial charge in [-0.25, -0.2) is 21.2 Å². The average Bonchev–Trinajstić information content (AvgIpc) is 2.88. The number of nitrogens with one attached hydrogen (secondary N) is 1. The Morgan fingerprint density at radius 1 is 1.19 bits per heavy atom. The molecule has 0 radical (unpaired) electrons. The Balaban J connectivity index is 2.26. The minimum atomic E-state index is -4.27. The number of benzene rings is 1. The second-order valence-corrected chi connectivity index (χ2v) is 8.60. The van der Waals surface area contributed by atoms with Crippen LogP contribution in [0.5, 0.6) is 0 Å². The van der Waals surface area contributed by atoms with Crippen molar-refractivity contribution < 1.29 is 26.1 Å². The standard InChI is InChI=1S/C12H16FNO5S2/c1-20(15,16)10-6-7-11(13)12(8-10)21(17,18)14-19-9-4-2-3-5-9/h6-9,14H,2-5H2,1H3. The fourth-order valence-corrected chi connectivity index (χ4v) is 3.78. The van der Waals surface area contributed by atoms with E-state index in [4.69, 9.17) is 4.84 Å². The van der Waals surface area contributed by atoms with E-state index in [1.807, 2.05) is 4.89 Å². The predicted molar refractivity (Wildman–Crippen MR) is 73.2 cm³/mol. The molecule has 0 heterocycles. The fourth-order valence-electron chi connectivity index (χ4n) is 2.10. The average molecular weight is 337 g/mol. The van der Waals surface area contributed by atoms with Gasteiger partial charge in [-0.05, 0) is 31.0 Å². The molecule has 2 rings (SSSR count). The molecule has 118 valence electrons. The quantitative estimate of drug-likeness (QED) is 0.648. The molecule has 0 atom stereocenters. The van der Waals surface area contributed by atoms with Crippen LogP contribution in [0.1, 0.15) is 25.7 Å². The van der Waals surface area contributed by atoms with Crippen molar-refractivity contribution in [3.8, 4) is 0 Å². The molecule has 1 aliphatic carbocycles. The van der Waals surface area contributed by atoms with Gasteiger partial charge < -0.3 is 0 Å². The van der Waals surface area contributed by atoms with Gasteiger partial charge >= 0.3 is 0 Å². The highest BCUT2D eigenvalue weighted by Crippen LogP contribution is 2.22. The molecule has 9 heteroatoms. The molecule has 1 N–H and O–H groups in total. The second kappa shape index (κ2) is 5.99. The van der Waals surface area contributed by atoms with Crippen molar-refractivity contribution >= 4 is 19.9 Å². The van der Waals surface area contributed by atoms with Crippen molar-refractivity contribution in [2.24, 2.45) is 0 Å². The number of hydrogen-bond acceptors (Lipinski definition) is 5.